The number of anilines is 1. The minimum atomic E-state index is -0.441. The van der Waals surface area contributed by atoms with E-state index in [2.05, 4.69) is 10.3 Å². The number of hydrogen-bond acceptors (Lipinski definition) is 4. The third-order valence-electron chi connectivity index (χ3n) is 2.86. The standard InChI is InChI=1S/C14H15N3O2/c1-10-3-5-12(6-4-10)8-15-14-11(2)7-13(9-16-14)17(18)19/h3-7,9H,8H2,1-2H3,(H,15,16). The molecule has 2 aromatic rings. The number of nitrogens with one attached hydrogen (secondary N) is 1. The van der Waals surface area contributed by atoms with E-state index in [4.69, 9.17) is 0 Å². The van der Waals surface area contributed by atoms with Crippen LogP contribution in [0.1, 0.15) is 16.7 Å². The first-order chi connectivity index (χ1) is 9.06. The van der Waals surface area contributed by atoms with E-state index in [0.29, 0.717) is 12.4 Å². The lowest BCUT2D eigenvalue weighted by molar-refractivity contribution is -0.385. The Labute approximate surface area is 111 Å². The summed E-state index contributed by atoms with van der Waals surface area (Å²) in [5.41, 5.74) is 3.14. The van der Waals surface area contributed by atoms with Crippen molar-refractivity contribution in [2.24, 2.45) is 0 Å². The van der Waals surface area contributed by atoms with Crippen LogP contribution in [0, 0.1) is 24.0 Å². The van der Waals surface area contributed by atoms with Crippen molar-refractivity contribution < 1.29 is 4.92 Å². The highest BCUT2D eigenvalue weighted by molar-refractivity contribution is 5.48. The Morgan fingerprint density at radius 2 is 1.95 bits per heavy atom. The number of aryl methyl sites for hydroxylation is 2. The second-order valence-corrected chi connectivity index (χ2v) is 4.46. The second kappa shape index (κ2) is 5.48. The molecular formula is C14H15N3O2. The van der Waals surface area contributed by atoms with Gasteiger partial charge in [0, 0.05) is 12.6 Å². The van der Waals surface area contributed by atoms with E-state index in [1.54, 1.807) is 6.92 Å². The van der Waals surface area contributed by atoms with Gasteiger partial charge >= 0.3 is 0 Å². The monoisotopic (exact) mass is 257 g/mol. The number of hydrogen-bond donors (Lipinski definition) is 1. The van der Waals surface area contributed by atoms with Crippen LogP contribution in [0.4, 0.5) is 11.5 Å². The van der Waals surface area contributed by atoms with Crippen molar-refractivity contribution in [2.45, 2.75) is 20.4 Å². The minimum absolute atomic E-state index is 0.0124. The molecule has 0 bridgehead atoms. The van der Waals surface area contributed by atoms with Crippen LogP contribution in [0.2, 0.25) is 0 Å². The molecule has 0 unspecified atom stereocenters. The summed E-state index contributed by atoms with van der Waals surface area (Å²) in [5.74, 6) is 0.672. The van der Waals surface area contributed by atoms with Gasteiger partial charge in [-0.25, -0.2) is 4.98 Å². The lowest BCUT2D eigenvalue weighted by Crippen LogP contribution is -2.03. The topological polar surface area (TPSA) is 68.1 Å². The average Bonchev–Trinajstić information content (AvgIpc) is 2.39. The first kappa shape index (κ1) is 13.0. The van der Waals surface area contributed by atoms with Crippen LogP contribution in [0.5, 0.6) is 0 Å². The van der Waals surface area contributed by atoms with E-state index >= 15 is 0 Å². The Bertz CT molecular complexity index is 594. The van der Waals surface area contributed by atoms with E-state index < -0.39 is 4.92 Å². The summed E-state index contributed by atoms with van der Waals surface area (Å²) in [5, 5.41) is 13.8. The van der Waals surface area contributed by atoms with Crippen LogP contribution in [0.25, 0.3) is 0 Å². The van der Waals surface area contributed by atoms with Gasteiger partial charge in [0.15, 0.2) is 0 Å². The van der Waals surface area contributed by atoms with Crippen molar-refractivity contribution in [1.29, 1.82) is 0 Å². The zero-order chi connectivity index (χ0) is 13.8. The van der Waals surface area contributed by atoms with Crippen molar-refractivity contribution >= 4 is 11.5 Å². The molecule has 1 aromatic carbocycles. The molecule has 1 heterocycles. The third kappa shape index (κ3) is 3.28. The molecule has 1 aromatic heterocycles. The Morgan fingerprint density at radius 3 is 2.53 bits per heavy atom. The quantitative estimate of drug-likeness (QED) is 0.674. The van der Waals surface area contributed by atoms with E-state index in [-0.39, 0.29) is 5.69 Å². The summed E-state index contributed by atoms with van der Waals surface area (Å²) >= 11 is 0. The highest BCUT2D eigenvalue weighted by atomic mass is 16.6. The number of nitrogens with zero attached hydrogens (tertiary/aromatic N) is 2. The molecular weight excluding hydrogens is 242 g/mol. The van der Waals surface area contributed by atoms with Crippen LogP contribution < -0.4 is 5.32 Å². The fourth-order valence-electron chi connectivity index (χ4n) is 1.74. The largest absolute Gasteiger partial charge is 0.366 e. The van der Waals surface area contributed by atoms with E-state index in [1.165, 1.54) is 17.8 Å². The number of rotatable bonds is 4. The first-order valence-corrected chi connectivity index (χ1v) is 5.97. The van der Waals surface area contributed by atoms with Gasteiger partial charge in [-0.05, 0) is 25.0 Å². The van der Waals surface area contributed by atoms with Crippen molar-refractivity contribution in [2.75, 3.05) is 5.32 Å². The van der Waals surface area contributed by atoms with Crippen molar-refractivity contribution in [3.05, 3.63) is 63.3 Å². The first-order valence-electron chi connectivity index (χ1n) is 5.97. The fourth-order valence-corrected chi connectivity index (χ4v) is 1.74. The normalized spacial score (nSPS) is 10.2. The molecule has 0 fully saturated rings. The van der Waals surface area contributed by atoms with Gasteiger partial charge < -0.3 is 5.32 Å². The molecule has 19 heavy (non-hydrogen) atoms. The molecule has 0 aliphatic rings. The van der Waals surface area contributed by atoms with Gasteiger partial charge in [-0.15, -0.1) is 0 Å². The van der Waals surface area contributed by atoms with Crippen LogP contribution in [-0.2, 0) is 6.54 Å². The molecule has 0 aliphatic heterocycles. The maximum atomic E-state index is 10.6. The molecule has 0 aliphatic carbocycles. The average molecular weight is 257 g/mol. The molecule has 0 saturated carbocycles. The van der Waals surface area contributed by atoms with Gasteiger partial charge in [-0.1, -0.05) is 29.8 Å². The molecule has 2 rings (SSSR count). The molecule has 0 radical (unpaired) electrons. The predicted octanol–water partition coefficient (Wildman–Crippen LogP) is 3.22. The Kier molecular flexibility index (Phi) is 3.75. The van der Waals surface area contributed by atoms with Gasteiger partial charge in [0.05, 0.1) is 4.92 Å². The van der Waals surface area contributed by atoms with Gasteiger partial charge in [-0.2, -0.15) is 0 Å². The Morgan fingerprint density at radius 1 is 1.26 bits per heavy atom. The van der Waals surface area contributed by atoms with Crippen molar-refractivity contribution in [3.8, 4) is 0 Å². The SMILES string of the molecule is Cc1ccc(CNc2ncc([N+](=O)[O-])cc2C)cc1. The Balaban J connectivity index is 2.07. The van der Waals surface area contributed by atoms with Crippen LogP contribution in [0.3, 0.4) is 0 Å². The number of nitro groups is 1. The smallest absolute Gasteiger partial charge is 0.287 e. The predicted molar refractivity (Wildman–Crippen MR) is 74.1 cm³/mol. The molecule has 0 spiro atoms. The minimum Gasteiger partial charge on any atom is -0.366 e. The van der Waals surface area contributed by atoms with Gasteiger partial charge in [0.1, 0.15) is 12.0 Å². The zero-order valence-corrected chi connectivity index (χ0v) is 10.9. The Hall–Kier alpha value is -2.43. The summed E-state index contributed by atoms with van der Waals surface area (Å²) in [7, 11) is 0. The summed E-state index contributed by atoms with van der Waals surface area (Å²) in [6.07, 6.45) is 1.27. The van der Waals surface area contributed by atoms with E-state index in [0.717, 1.165) is 11.1 Å². The van der Waals surface area contributed by atoms with Crippen LogP contribution in [-0.4, -0.2) is 9.91 Å². The van der Waals surface area contributed by atoms with Crippen molar-refractivity contribution in [3.63, 3.8) is 0 Å². The number of benzene rings is 1. The molecule has 0 amide bonds. The van der Waals surface area contributed by atoms with E-state index in [1.807, 2.05) is 31.2 Å². The maximum Gasteiger partial charge on any atom is 0.287 e. The van der Waals surface area contributed by atoms with Gasteiger partial charge in [0.2, 0.25) is 0 Å². The highest BCUT2D eigenvalue weighted by Crippen LogP contribution is 2.18. The van der Waals surface area contributed by atoms with Crippen LogP contribution in [0.15, 0.2) is 36.5 Å². The molecule has 1 N–H and O–H groups in total. The summed E-state index contributed by atoms with van der Waals surface area (Å²) in [6.45, 7) is 4.49. The molecule has 0 saturated heterocycles. The molecule has 0 atom stereocenters. The second-order valence-electron chi connectivity index (χ2n) is 4.46. The number of pyridine rings is 1. The molecule has 5 nitrogen and oxygen atoms in total. The van der Waals surface area contributed by atoms with Crippen molar-refractivity contribution in [1.82, 2.24) is 4.98 Å². The zero-order valence-electron chi connectivity index (χ0n) is 10.9. The summed E-state index contributed by atoms with van der Waals surface area (Å²) < 4.78 is 0. The molecule has 98 valence electrons. The van der Waals surface area contributed by atoms with E-state index in [9.17, 15) is 10.1 Å². The lowest BCUT2D eigenvalue weighted by Gasteiger charge is -2.08. The number of aromatic nitrogens is 1. The van der Waals surface area contributed by atoms with Crippen LogP contribution >= 0.6 is 0 Å². The maximum absolute atomic E-state index is 10.6. The molecule has 5 heteroatoms. The van der Waals surface area contributed by atoms with Gasteiger partial charge in [-0.3, -0.25) is 10.1 Å². The summed E-state index contributed by atoms with van der Waals surface area (Å²) in [6, 6.07) is 9.71. The lowest BCUT2D eigenvalue weighted by atomic mass is 10.1. The van der Waals surface area contributed by atoms with Gasteiger partial charge in [0.25, 0.3) is 5.69 Å². The fraction of sp³-hybridized carbons (Fsp3) is 0.214. The third-order valence-corrected chi connectivity index (χ3v) is 2.86. The summed E-state index contributed by atoms with van der Waals surface area (Å²) in [4.78, 5) is 14.3. The highest BCUT2D eigenvalue weighted by Gasteiger charge is 2.09.